The van der Waals surface area contributed by atoms with Crippen molar-refractivity contribution in [3.8, 4) is 0 Å². The lowest BCUT2D eigenvalue weighted by Gasteiger charge is -2.10. The number of aliphatic carboxylic acids is 1. The highest BCUT2D eigenvalue weighted by Crippen LogP contribution is 2.38. The van der Waals surface area contributed by atoms with Gasteiger partial charge in [-0.05, 0) is 19.8 Å². The number of carbonyl (C=O) groups is 2. The monoisotopic (exact) mass is 269 g/mol. The molecule has 1 aliphatic carbocycles. The van der Waals surface area contributed by atoms with Crippen LogP contribution in [0.4, 0.5) is 5.13 Å². The Morgan fingerprint density at radius 2 is 2.39 bits per heavy atom. The van der Waals surface area contributed by atoms with Gasteiger partial charge in [-0.2, -0.15) is 0 Å². The highest BCUT2D eigenvalue weighted by Gasteiger charge is 2.32. The van der Waals surface area contributed by atoms with Crippen LogP contribution in [-0.4, -0.2) is 28.0 Å². The minimum atomic E-state index is -0.823. The number of carbonyl (C=O) groups excluding carboxylic acids is 1. The second-order valence-corrected chi connectivity index (χ2v) is 5.56. The molecule has 18 heavy (non-hydrogen) atoms. The van der Waals surface area contributed by atoms with E-state index in [1.165, 1.54) is 11.3 Å². The second-order valence-electron chi connectivity index (χ2n) is 4.47. The number of carboxylic acid groups (broad SMARTS) is 1. The Balaban J connectivity index is 2.07. The molecule has 0 saturated heterocycles. The Morgan fingerprint density at radius 3 is 3.00 bits per heavy atom. The van der Waals surface area contributed by atoms with E-state index >= 15 is 0 Å². The van der Waals surface area contributed by atoms with Crippen LogP contribution in [0.15, 0.2) is 0 Å². The number of hydrogen-bond acceptors (Lipinski definition) is 5. The summed E-state index contributed by atoms with van der Waals surface area (Å²) < 4.78 is 0. The van der Waals surface area contributed by atoms with Gasteiger partial charge >= 0.3 is 5.97 Å². The maximum atomic E-state index is 11.0. The molecule has 0 bridgehead atoms. The molecule has 1 heterocycles. The number of anilines is 1. The number of amides is 1. The fourth-order valence-corrected chi connectivity index (χ4v) is 3.24. The van der Waals surface area contributed by atoms with Gasteiger partial charge in [-0.1, -0.05) is 0 Å². The molecule has 1 amide bonds. The fourth-order valence-electron chi connectivity index (χ4n) is 2.09. The number of primary amides is 1. The molecule has 0 saturated carbocycles. The number of thiazole rings is 1. The summed E-state index contributed by atoms with van der Waals surface area (Å²) in [5.74, 6) is -1.68. The van der Waals surface area contributed by atoms with Crippen LogP contribution < -0.4 is 11.1 Å². The van der Waals surface area contributed by atoms with Crippen LogP contribution >= 0.6 is 11.3 Å². The minimum absolute atomic E-state index is 0.0999. The van der Waals surface area contributed by atoms with E-state index in [0.29, 0.717) is 17.2 Å². The van der Waals surface area contributed by atoms with Gasteiger partial charge in [0.25, 0.3) is 0 Å². The molecule has 2 rings (SSSR count). The van der Waals surface area contributed by atoms with E-state index < -0.39 is 11.9 Å². The van der Waals surface area contributed by atoms with Crippen LogP contribution in [0.1, 0.15) is 36.3 Å². The topological polar surface area (TPSA) is 105 Å². The average Bonchev–Trinajstić information content (AvgIpc) is 2.73. The molecule has 7 heteroatoms. The molecule has 1 aromatic heterocycles. The third kappa shape index (κ3) is 2.61. The molecule has 2 atom stereocenters. The first-order chi connectivity index (χ1) is 8.47. The first kappa shape index (κ1) is 12.8. The number of hydrogen-bond donors (Lipinski definition) is 3. The largest absolute Gasteiger partial charge is 0.481 e. The minimum Gasteiger partial charge on any atom is -0.481 e. The van der Waals surface area contributed by atoms with Gasteiger partial charge in [0.05, 0.1) is 5.69 Å². The zero-order chi connectivity index (χ0) is 13.3. The van der Waals surface area contributed by atoms with Crippen molar-refractivity contribution >= 4 is 28.3 Å². The summed E-state index contributed by atoms with van der Waals surface area (Å²) >= 11 is 1.46. The molecular weight excluding hydrogens is 254 g/mol. The van der Waals surface area contributed by atoms with Crippen molar-refractivity contribution in [1.82, 2.24) is 4.98 Å². The van der Waals surface area contributed by atoms with E-state index in [2.05, 4.69) is 10.3 Å². The van der Waals surface area contributed by atoms with E-state index in [1.54, 1.807) is 0 Å². The number of fused-ring (bicyclic) bond motifs is 1. The van der Waals surface area contributed by atoms with Crippen molar-refractivity contribution in [1.29, 1.82) is 0 Å². The summed E-state index contributed by atoms with van der Waals surface area (Å²) in [6.45, 7) is 1.84. The Bertz CT molecular complexity index is 486. The third-order valence-corrected chi connectivity index (χ3v) is 3.96. The molecule has 0 fully saturated rings. The molecule has 0 aliphatic heterocycles. The summed E-state index contributed by atoms with van der Waals surface area (Å²) in [4.78, 5) is 27.1. The predicted octanol–water partition coefficient (Wildman–Crippen LogP) is 0.933. The van der Waals surface area contributed by atoms with Crippen LogP contribution in [0.5, 0.6) is 0 Å². The van der Waals surface area contributed by atoms with E-state index in [-0.39, 0.29) is 18.4 Å². The number of nitrogens with zero attached hydrogens (tertiary/aromatic N) is 1. The number of rotatable bonds is 5. The molecule has 4 N–H and O–H groups in total. The van der Waals surface area contributed by atoms with E-state index in [4.69, 9.17) is 10.8 Å². The summed E-state index contributed by atoms with van der Waals surface area (Å²) in [5, 5.41) is 12.8. The van der Waals surface area contributed by atoms with Gasteiger partial charge < -0.3 is 16.2 Å². The van der Waals surface area contributed by atoms with Gasteiger partial charge in [0.15, 0.2) is 5.13 Å². The molecule has 0 radical (unpaired) electrons. The van der Waals surface area contributed by atoms with Crippen molar-refractivity contribution < 1.29 is 14.7 Å². The van der Waals surface area contributed by atoms with Crippen molar-refractivity contribution in [2.45, 2.75) is 38.1 Å². The van der Waals surface area contributed by atoms with Crippen molar-refractivity contribution in [3.63, 3.8) is 0 Å². The number of carboxylic acids is 1. The quantitative estimate of drug-likeness (QED) is 0.737. The van der Waals surface area contributed by atoms with Gasteiger partial charge in [0.2, 0.25) is 5.91 Å². The first-order valence-electron chi connectivity index (χ1n) is 5.74. The lowest BCUT2D eigenvalue weighted by Crippen LogP contribution is -2.24. The summed E-state index contributed by atoms with van der Waals surface area (Å²) in [7, 11) is 0. The van der Waals surface area contributed by atoms with Crippen molar-refractivity contribution in [2.75, 3.05) is 5.32 Å². The Labute approximate surface area is 108 Å². The highest BCUT2D eigenvalue weighted by molar-refractivity contribution is 7.15. The Morgan fingerprint density at radius 1 is 1.67 bits per heavy atom. The molecule has 1 aliphatic rings. The first-order valence-corrected chi connectivity index (χ1v) is 6.56. The van der Waals surface area contributed by atoms with Gasteiger partial charge in [0, 0.05) is 17.3 Å². The average molecular weight is 269 g/mol. The molecule has 0 spiro atoms. The van der Waals surface area contributed by atoms with E-state index in [0.717, 1.165) is 11.3 Å². The number of aryl methyl sites for hydroxylation is 1. The normalized spacial score (nSPS) is 19.3. The zero-order valence-electron chi connectivity index (χ0n) is 9.97. The highest BCUT2D eigenvalue weighted by atomic mass is 32.1. The molecule has 2 unspecified atom stereocenters. The molecule has 1 aromatic rings. The van der Waals surface area contributed by atoms with Crippen LogP contribution in [0.2, 0.25) is 0 Å². The maximum absolute atomic E-state index is 11.0. The molecule has 0 aromatic carbocycles. The molecule has 98 valence electrons. The van der Waals surface area contributed by atoms with Gasteiger partial charge in [-0.15, -0.1) is 11.3 Å². The lowest BCUT2D eigenvalue weighted by molar-refractivity contribution is -0.138. The maximum Gasteiger partial charge on any atom is 0.312 e. The summed E-state index contributed by atoms with van der Waals surface area (Å²) in [5.41, 5.74) is 5.78. The Hall–Kier alpha value is -1.63. The standard InChI is InChI=1S/C11H15N3O3S/c1-5(4-8(12)15)13-11-14-9-6(10(16)17)2-3-7(9)18-11/h5-6H,2-4H2,1H3,(H2,12,15)(H,13,14)(H,16,17). The van der Waals surface area contributed by atoms with Gasteiger partial charge in [-0.3, -0.25) is 9.59 Å². The van der Waals surface area contributed by atoms with Crippen molar-refractivity contribution in [2.24, 2.45) is 5.73 Å². The smallest absolute Gasteiger partial charge is 0.312 e. The van der Waals surface area contributed by atoms with Crippen molar-refractivity contribution in [3.05, 3.63) is 10.6 Å². The summed E-state index contributed by atoms with van der Waals surface area (Å²) in [6, 6.07) is -0.0999. The van der Waals surface area contributed by atoms with Gasteiger partial charge in [-0.25, -0.2) is 4.98 Å². The zero-order valence-corrected chi connectivity index (χ0v) is 10.8. The van der Waals surface area contributed by atoms with E-state index in [9.17, 15) is 9.59 Å². The third-order valence-electron chi connectivity index (χ3n) is 2.89. The van der Waals surface area contributed by atoms with Crippen LogP contribution in [0, 0.1) is 0 Å². The number of aromatic nitrogens is 1. The lowest BCUT2D eigenvalue weighted by atomic mass is 10.1. The van der Waals surface area contributed by atoms with Crippen LogP contribution in [0.25, 0.3) is 0 Å². The number of nitrogens with one attached hydrogen (secondary N) is 1. The Kier molecular flexibility index (Phi) is 3.51. The predicted molar refractivity (Wildman–Crippen MR) is 67.7 cm³/mol. The van der Waals surface area contributed by atoms with E-state index in [1.807, 2.05) is 6.92 Å². The fraction of sp³-hybridized carbons (Fsp3) is 0.545. The molecular formula is C11H15N3O3S. The summed E-state index contributed by atoms with van der Waals surface area (Å²) in [6.07, 6.45) is 1.61. The van der Waals surface area contributed by atoms with Crippen LogP contribution in [-0.2, 0) is 16.0 Å². The van der Waals surface area contributed by atoms with Crippen LogP contribution in [0.3, 0.4) is 0 Å². The number of nitrogens with two attached hydrogens (primary N) is 1. The van der Waals surface area contributed by atoms with Gasteiger partial charge in [0.1, 0.15) is 5.92 Å². The molecule has 6 nitrogen and oxygen atoms in total. The second kappa shape index (κ2) is 4.93. The SMILES string of the molecule is CC(CC(N)=O)Nc1nc2c(s1)CCC2C(=O)O.